The largest absolute Gasteiger partial charge is 0.302 e. The molecule has 0 aliphatic carbocycles. The number of anilines is 1. The van der Waals surface area contributed by atoms with Crippen LogP contribution in [0.3, 0.4) is 0 Å². The molecule has 34 heavy (non-hydrogen) atoms. The molecule has 0 fully saturated rings. The zero-order valence-electron chi connectivity index (χ0n) is 19.8. The van der Waals surface area contributed by atoms with Crippen molar-refractivity contribution in [1.29, 1.82) is 0 Å². The van der Waals surface area contributed by atoms with Crippen LogP contribution in [0, 0.1) is 0 Å². The van der Waals surface area contributed by atoms with Gasteiger partial charge in [0.25, 0.3) is 0 Å². The van der Waals surface area contributed by atoms with Gasteiger partial charge in [-0.15, -0.1) is 11.3 Å². The van der Waals surface area contributed by atoms with Gasteiger partial charge < -0.3 is 5.32 Å². The van der Waals surface area contributed by atoms with E-state index in [2.05, 4.69) is 48.3 Å². The summed E-state index contributed by atoms with van der Waals surface area (Å²) < 4.78 is 23.9. The second-order valence-electron chi connectivity index (χ2n) is 8.73. The molecule has 1 aliphatic heterocycles. The van der Waals surface area contributed by atoms with Gasteiger partial charge in [-0.05, 0) is 43.0 Å². The first-order valence-electron chi connectivity index (χ1n) is 11.7. The number of fused-ring (bicyclic) bond motifs is 1. The summed E-state index contributed by atoms with van der Waals surface area (Å²) in [6.45, 7) is 6.92. The fraction of sp³-hybridized carbons (Fsp3) is 0.385. The summed E-state index contributed by atoms with van der Waals surface area (Å²) in [5.74, 6) is -0.0937. The highest BCUT2D eigenvalue weighted by Gasteiger charge is 2.35. The first-order valence-corrected chi connectivity index (χ1v) is 14.2. The number of amides is 1. The van der Waals surface area contributed by atoms with Gasteiger partial charge in [-0.2, -0.15) is 0 Å². The lowest BCUT2D eigenvalue weighted by Gasteiger charge is -2.30. The Morgan fingerprint density at radius 3 is 2.47 bits per heavy atom. The van der Waals surface area contributed by atoms with E-state index < -0.39 is 9.84 Å². The fourth-order valence-electron chi connectivity index (χ4n) is 4.52. The third kappa shape index (κ3) is 5.40. The van der Waals surface area contributed by atoms with E-state index in [-0.39, 0.29) is 29.0 Å². The van der Waals surface area contributed by atoms with Gasteiger partial charge in [0.1, 0.15) is 0 Å². The molecule has 1 amide bonds. The number of aromatic nitrogens is 1. The molecule has 180 valence electrons. The summed E-state index contributed by atoms with van der Waals surface area (Å²) in [5.41, 5.74) is 3.18. The van der Waals surface area contributed by atoms with Crippen molar-refractivity contribution in [3.8, 4) is 0 Å². The molecule has 3 aromatic rings. The quantitative estimate of drug-likeness (QED) is 0.449. The van der Waals surface area contributed by atoms with Crippen LogP contribution in [0.1, 0.15) is 54.9 Å². The summed E-state index contributed by atoms with van der Waals surface area (Å²) >= 11 is 1.55. The van der Waals surface area contributed by atoms with Crippen molar-refractivity contribution in [2.24, 2.45) is 0 Å². The highest BCUT2D eigenvalue weighted by Crippen LogP contribution is 2.41. The van der Waals surface area contributed by atoms with Crippen LogP contribution in [0.25, 0.3) is 0 Å². The molecule has 0 bridgehead atoms. The SMILES string of the molecule is CC[C@H]1c2nc(NC(=O)Cc3ccc(S(=O)(=O)CC)cc3)sc2CN1[C@@H](C)Cc1ccccc1. The van der Waals surface area contributed by atoms with Crippen molar-refractivity contribution in [3.05, 3.63) is 76.3 Å². The molecule has 6 nitrogen and oxygen atoms in total. The Hall–Kier alpha value is -2.55. The van der Waals surface area contributed by atoms with Crippen molar-refractivity contribution >= 4 is 32.2 Å². The Bertz CT molecular complexity index is 1240. The average Bonchev–Trinajstić information content (AvgIpc) is 3.37. The number of rotatable bonds is 9. The highest BCUT2D eigenvalue weighted by atomic mass is 32.2. The Morgan fingerprint density at radius 2 is 1.82 bits per heavy atom. The van der Waals surface area contributed by atoms with E-state index in [9.17, 15) is 13.2 Å². The number of benzene rings is 2. The van der Waals surface area contributed by atoms with Crippen LogP contribution in [0.4, 0.5) is 5.13 Å². The first kappa shape index (κ1) is 24.6. The summed E-state index contributed by atoms with van der Waals surface area (Å²) in [4.78, 5) is 21.4. The maximum atomic E-state index is 12.6. The molecular formula is C26H31N3O3S2. The Morgan fingerprint density at radius 1 is 1.12 bits per heavy atom. The number of carbonyl (C=O) groups excluding carboxylic acids is 1. The molecular weight excluding hydrogens is 466 g/mol. The van der Waals surface area contributed by atoms with Crippen LogP contribution in [0.2, 0.25) is 0 Å². The third-order valence-electron chi connectivity index (χ3n) is 6.37. The van der Waals surface area contributed by atoms with Crippen molar-refractivity contribution < 1.29 is 13.2 Å². The zero-order chi connectivity index (χ0) is 24.3. The molecule has 0 saturated heterocycles. The number of sulfone groups is 1. The minimum absolute atomic E-state index is 0.0583. The summed E-state index contributed by atoms with van der Waals surface area (Å²) in [6.07, 6.45) is 2.14. The minimum Gasteiger partial charge on any atom is -0.302 e. The van der Waals surface area contributed by atoms with E-state index in [0.29, 0.717) is 11.2 Å². The molecule has 0 saturated carbocycles. The van der Waals surface area contributed by atoms with E-state index >= 15 is 0 Å². The fourth-order valence-corrected chi connectivity index (χ4v) is 6.44. The molecule has 0 radical (unpaired) electrons. The molecule has 0 spiro atoms. The van der Waals surface area contributed by atoms with E-state index in [1.165, 1.54) is 10.4 Å². The molecule has 2 heterocycles. The van der Waals surface area contributed by atoms with Gasteiger partial charge in [0, 0.05) is 17.5 Å². The Kier molecular flexibility index (Phi) is 7.50. The number of thiazole rings is 1. The number of nitrogens with one attached hydrogen (secondary N) is 1. The van der Waals surface area contributed by atoms with Crippen molar-refractivity contribution in [2.45, 2.75) is 63.6 Å². The van der Waals surface area contributed by atoms with Gasteiger partial charge in [0.05, 0.1) is 28.8 Å². The molecule has 1 aromatic heterocycles. The van der Waals surface area contributed by atoms with E-state index in [1.807, 2.05) is 6.07 Å². The zero-order valence-corrected chi connectivity index (χ0v) is 21.5. The molecule has 1 N–H and O–H groups in total. The highest BCUT2D eigenvalue weighted by molar-refractivity contribution is 7.91. The maximum absolute atomic E-state index is 12.6. The molecule has 0 unspecified atom stereocenters. The number of nitrogens with zero attached hydrogens (tertiary/aromatic N) is 2. The maximum Gasteiger partial charge on any atom is 0.230 e. The molecule has 4 rings (SSSR count). The minimum atomic E-state index is -3.24. The third-order valence-corrected chi connectivity index (χ3v) is 9.09. The lowest BCUT2D eigenvalue weighted by molar-refractivity contribution is -0.115. The van der Waals surface area contributed by atoms with Gasteiger partial charge in [0.15, 0.2) is 15.0 Å². The van der Waals surface area contributed by atoms with Gasteiger partial charge >= 0.3 is 0 Å². The van der Waals surface area contributed by atoms with E-state index in [4.69, 9.17) is 4.98 Å². The Balaban J connectivity index is 1.38. The monoisotopic (exact) mass is 497 g/mol. The molecule has 8 heteroatoms. The lowest BCUT2D eigenvalue weighted by atomic mass is 10.0. The second-order valence-corrected chi connectivity index (χ2v) is 12.1. The summed E-state index contributed by atoms with van der Waals surface area (Å²) in [6, 6.07) is 17.7. The summed E-state index contributed by atoms with van der Waals surface area (Å²) in [7, 11) is -3.24. The van der Waals surface area contributed by atoms with Gasteiger partial charge in [-0.3, -0.25) is 9.69 Å². The molecule has 2 aromatic carbocycles. The average molecular weight is 498 g/mol. The van der Waals surface area contributed by atoms with Crippen LogP contribution in [0.5, 0.6) is 0 Å². The Labute approximate surface area is 206 Å². The van der Waals surface area contributed by atoms with Crippen molar-refractivity contribution in [3.63, 3.8) is 0 Å². The normalized spacial score (nSPS) is 16.9. The number of hydrogen-bond acceptors (Lipinski definition) is 6. The van der Waals surface area contributed by atoms with Crippen molar-refractivity contribution in [1.82, 2.24) is 9.88 Å². The van der Waals surface area contributed by atoms with Gasteiger partial charge in [-0.25, -0.2) is 13.4 Å². The van der Waals surface area contributed by atoms with Crippen LogP contribution in [-0.4, -0.2) is 36.0 Å². The lowest BCUT2D eigenvalue weighted by Crippen LogP contribution is -2.33. The van der Waals surface area contributed by atoms with Crippen LogP contribution in [-0.2, 0) is 34.0 Å². The topological polar surface area (TPSA) is 79.4 Å². The molecule has 1 aliphatic rings. The van der Waals surface area contributed by atoms with E-state index in [1.54, 1.807) is 42.5 Å². The number of carbonyl (C=O) groups is 1. The smallest absolute Gasteiger partial charge is 0.230 e. The standard InChI is InChI=1S/C26H31N3O3S2/c1-4-22-25-23(17-29(22)18(3)15-19-9-7-6-8-10-19)33-26(28-25)27-24(30)16-20-11-13-21(14-12-20)34(31,32)5-2/h6-14,18,22H,4-5,15-17H2,1-3H3,(H,27,28,30)/t18-,22-/m0/s1. The number of hydrogen-bond donors (Lipinski definition) is 1. The van der Waals surface area contributed by atoms with Crippen LogP contribution < -0.4 is 5.32 Å². The first-order chi connectivity index (χ1) is 16.3. The predicted molar refractivity (Wildman–Crippen MR) is 137 cm³/mol. The van der Waals surface area contributed by atoms with Gasteiger partial charge in [-0.1, -0.05) is 56.3 Å². The van der Waals surface area contributed by atoms with Crippen LogP contribution in [0.15, 0.2) is 59.5 Å². The predicted octanol–water partition coefficient (Wildman–Crippen LogP) is 5.02. The van der Waals surface area contributed by atoms with Crippen molar-refractivity contribution in [2.75, 3.05) is 11.1 Å². The second kappa shape index (κ2) is 10.4. The van der Waals surface area contributed by atoms with Crippen LogP contribution >= 0.6 is 11.3 Å². The molecule has 2 atom stereocenters. The van der Waals surface area contributed by atoms with E-state index in [0.717, 1.165) is 30.6 Å². The van der Waals surface area contributed by atoms with Gasteiger partial charge in [0.2, 0.25) is 5.91 Å². The summed E-state index contributed by atoms with van der Waals surface area (Å²) in [5, 5.41) is 3.57.